The molecule has 2 aromatic carbocycles. The van der Waals surface area contributed by atoms with E-state index in [1.54, 1.807) is 24.3 Å². The molecule has 0 heterocycles. The van der Waals surface area contributed by atoms with Gasteiger partial charge in [0.15, 0.2) is 6.61 Å². The SMILES string of the molecule is CCOc1cccc(OCC(=O)Nc2ccc(C(F)(F)F)cc2)c1. The number of carbonyl (C=O) groups is 1. The van der Waals surface area contributed by atoms with Gasteiger partial charge in [0.1, 0.15) is 11.5 Å². The van der Waals surface area contributed by atoms with Crippen molar-refractivity contribution in [1.29, 1.82) is 0 Å². The number of carbonyl (C=O) groups excluding carboxylic acids is 1. The molecule has 7 heteroatoms. The van der Waals surface area contributed by atoms with Crippen LogP contribution in [0.1, 0.15) is 12.5 Å². The maximum absolute atomic E-state index is 12.5. The first-order chi connectivity index (χ1) is 11.4. The van der Waals surface area contributed by atoms with Crippen molar-refractivity contribution in [3.05, 3.63) is 54.1 Å². The number of hydrogen-bond donors (Lipinski definition) is 1. The van der Waals surface area contributed by atoms with Gasteiger partial charge in [-0.05, 0) is 43.3 Å². The van der Waals surface area contributed by atoms with Crippen molar-refractivity contribution in [3.63, 3.8) is 0 Å². The maximum atomic E-state index is 12.5. The van der Waals surface area contributed by atoms with Gasteiger partial charge in [0.2, 0.25) is 0 Å². The zero-order chi connectivity index (χ0) is 17.6. The van der Waals surface area contributed by atoms with Crippen LogP contribution >= 0.6 is 0 Å². The first-order valence-corrected chi connectivity index (χ1v) is 7.21. The molecule has 0 aliphatic carbocycles. The highest BCUT2D eigenvalue weighted by Gasteiger charge is 2.29. The number of amides is 1. The van der Waals surface area contributed by atoms with E-state index in [0.717, 1.165) is 12.1 Å². The third-order valence-electron chi connectivity index (χ3n) is 2.98. The van der Waals surface area contributed by atoms with Crippen molar-refractivity contribution in [2.45, 2.75) is 13.1 Å². The quantitative estimate of drug-likeness (QED) is 0.861. The van der Waals surface area contributed by atoms with E-state index in [4.69, 9.17) is 9.47 Å². The summed E-state index contributed by atoms with van der Waals surface area (Å²) in [7, 11) is 0. The van der Waals surface area contributed by atoms with Crippen LogP contribution in [0.4, 0.5) is 18.9 Å². The number of ether oxygens (including phenoxy) is 2. The fourth-order valence-corrected chi connectivity index (χ4v) is 1.91. The number of nitrogens with one attached hydrogen (secondary N) is 1. The van der Waals surface area contributed by atoms with E-state index in [0.29, 0.717) is 18.1 Å². The third kappa shape index (κ3) is 5.19. The number of benzene rings is 2. The summed E-state index contributed by atoms with van der Waals surface area (Å²) in [5.74, 6) is 0.609. The number of halogens is 3. The Morgan fingerprint density at radius 1 is 1.04 bits per heavy atom. The second-order valence-corrected chi connectivity index (χ2v) is 4.82. The smallest absolute Gasteiger partial charge is 0.416 e. The van der Waals surface area contributed by atoms with E-state index in [-0.39, 0.29) is 12.3 Å². The van der Waals surface area contributed by atoms with Crippen LogP contribution in [0, 0.1) is 0 Å². The van der Waals surface area contributed by atoms with Crippen LogP contribution in [0.2, 0.25) is 0 Å². The van der Waals surface area contributed by atoms with E-state index in [9.17, 15) is 18.0 Å². The Hall–Kier alpha value is -2.70. The van der Waals surface area contributed by atoms with Gasteiger partial charge in [0, 0.05) is 11.8 Å². The Balaban J connectivity index is 1.88. The van der Waals surface area contributed by atoms with Crippen LogP contribution in [0.15, 0.2) is 48.5 Å². The monoisotopic (exact) mass is 339 g/mol. The molecule has 0 radical (unpaired) electrons. The number of anilines is 1. The van der Waals surface area contributed by atoms with Crippen molar-refractivity contribution in [2.24, 2.45) is 0 Å². The van der Waals surface area contributed by atoms with Crippen molar-refractivity contribution >= 4 is 11.6 Å². The molecule has 0 aromatic heterocycles. The fourth-order valence-electron chi connectivity index (χ4n) is 1.91. The van der Waals surface area contributed by atoms with Crippen LogP contribution < -0.4 is 14.8 Å². The molecule has 0 aliphatic heterocycles. The molecule has 0 saturated heterocycles. The Morgan fingerprint density at radius 3 is 2.25 bits per heavy atom. The van der Waals surface area contributed by atoms with E-state index in [2.05, 4.69) is 5.32 Å². The predicted molar refractivity (Wildman–Crippen MR) is 83.2 cm³/mol. The van der Waals surface area contributed by atoms with E-state index in [1.165, 1.54) is 12.1 Å². The zero-order valence-electron chi connectivity index (χ0n) is 12.9. The molecule has 0 fully saturated rings. The minimum Gasteiger partial charge on any atom is -0.494 e. The van der Waals surface area contributed by atoms with Crippen LogP contribution in [0.25, 0.3) is 0 Å². The van der Waals surface area contributed by atoms with Crippen molar-refractivity contribution < 1.29 is 27.4 Å². The number of rotatable bonds is 6. The highest BCUT2D eigenvalue weighted by atomic mass is 19.4. The van der Waals surface area contributed by atoms with Gasteiger partial charge >= 0.3 is 6.18 Å². The second-order valence-electron chi connectivity index (χ2n) is 4.82. The summed E-state index contributed by atoms with van der Waals surface area (Å²) in [6.07, 6.45) is -4.41. The van der Waals surface area contributed by atoms with Gasteiger partial charge in [0.05, 0.1) is 12.2 Å². The first-order valence-electron chi connectivity index (χ1n) is 7.21. The Labute approximate surface area is 137 Å². The molecule has 0 unspecified atom stereocenters. The summed E-state index contributed by atoms with van der Waals surface area (Å²) in [5, 5.41) is 2.47. The molecular weight excluding hydrogens is 323 g/mol. The van der Waals surface area contributed by atoms with E-state index in [1.807, 2.05) is 6.92 Å². The molecule has 0 bridgehead atoms. The lowest BCUT2D eigenvalue weighted by Crippen LogP contribution is -2.20. The minimum absolute atomic E-state index is 0.264. The van der Waals surface area contributed by atoms with Gasteiger partial charge in [0.25, 0.3) is 5.91 Å². The third-order valence-corrected chi connectivity index (χ3v) is 2.98. The highest BCUT2D eigenvalue weighted by Crippen LogP contribution is 2.29. The van der Waals surface area contributed by atoms with Crippen LogP contribution in [0.5, 0.6) is 11.5 Å². The summed E-state index contributed by atoms with van der Waals surface area (Å²) in [4.78, 5) is 11.8. The Morgan fingerprint density at radius 2 is 1.67 bits per heavy atom. The second kappa shape index (κ2) is 7.72. The molecule has 2 rings (SSSR count). The average Bonchev–Trinajstić information content (AvgIpc) is 2.53. The summed E-state index contributed by atoms with van der Waals surface area (Å²) in [6, 6.07) is 11.0. The van der Waals surface area contributed by atoms with Gasteiger partial charge < -0.3 is 14.8 Å². The maximum Gasteiger partial charge on any atom is 0.416 e. The average molecular weight is 339 g/mol. The van der Waals surface area contributed by atoms with Crippen molar-refractivity contribution in [2.75, 3.05) is 18.5 Å². The summed E-state index contributed by atoms with van der Waals surface area (Å²) >= 11 is 0. The lowest BCUT2D eigenvalue weighted by Gasteiger charge is -2.10. The molecular formula is C17H16F3NO3. The molecule has 2 aromatic rings. The number of alkyl halides is 3. The molecule has 1 amide bonds. The Kier molecular flexibility index (Phi) is 5.68. The van der Waals surface area contributed by atoms with Gasteiger partial charge in [-0.3, -0.25) is 4.79 Å². The number of hydrogen-bond acceptors (Lipinski definition) is 3. The largest absolute Gasteiger partial charge is 0.494 e. The van der Waals surface area contributed by atoms with E-state index >= 15 is 0 Å². The molecule has 4 nitrogen and oxygen atoms in total. The molecule has 128 valence electrons. The Bertz CT molecular complexity index is 684. The van der Waals surface area contributed by atoms with Gasteiger partial charge in [-0.2, -0.15) is 13.2 Å². The molecule has 1 N–H and O–H groups in total. The van der Waals surface area contributed by atoms with Gasteiger partial charge in [-0.25, -0.2) is 0 Å². The highest BCUT2D eigenvalue weighted by molar-refractivity contribution is 5.91. The van der Waals surface area contributed by atoms with Gasteiger partial charge in [-0.15, -0.1) is 0 Å². The predicted octanol–water partition coefficient (Wildman–Crippen LogP) is 4.12. The minimum atomic E-state index is -4.41. The van der Waals surface area contributed by atoms with Crippen LogP contribution in [-0.4, -0.2) is 19.1 Å². The lowest BCUT2D eigenvalue weighted by atomic mass is 10.2. The molecule has 0 aliphatic rings. The molecule has 0 saturated carbocycles. The van der Waals surface area contributed by atoms with Crippen molar-refractivity contribution in [3.8, 4) is 11.5 Å². The van der Waals surface area contributed by atoms with Crippen molar-refractivity contribution in [1.82, 2.24) is 0 Å². The normalized spacial score (nSPS) is 11.0. The van der Waals surface area contributed by atoms with Crippen LogP contribution in [-0.2, 0) is 11.0 Å². The topological polar surface area (TPSA) is 47.6 Å². The zero-order valence-corrected chi connectivity index (χ0v) is 12.9. The summed E-state index contributed by atoms with van der Waals surface area (Å²) in [6.45, 7) is 2.10. The molecule has 24 heavy (non-hydrogen) atoms. The van der Waals surface area contributed by atoms with E-state index < -0.39 is 17.6 Å². The first kappa shape index (κ1) is 17.7. The van der Waals surface area contributed by atoms with Crippen LogP contribution in [0.3, 0.4) is 0 Å². The fraction of sp³-hybridized carbons (Fsp3) is 0.235. The summed E-state index contributed by atoms with van der Waals surface area (Å²) in [5.41, 5.74) is -0.510. The van der Waals surface area contributed by atoms with Gasteiger partial charge in [-0.1, -0.05) is 6.07 Å². The summed E-state index contributed by atoms with van der Waals surface area (Å²) < 4.78 is 48.0. The molecule has 0 atom stereocenters. The lowest BCUT2D eigenvalue weighted by molar-refractivity contribution is -0.137. The molecule has 0 spiro atoms. The standard InChI is InChI=1S/C17H16F3NO3/c1-2-23-14-4-3-5-15(10-14)24-11-16(22)21-13-8-6-12(7-9-13)17(18,19)20/h3-10H,2,11H2,1H3,(H,21,22).